The second kappa shape index (κ2) is 8.54. The zero-order chi connectivity index (χ0) is 19.2. The summed E-state index contributed by atoms with van der Waals surface area (Å²) in [7, 11) is 0. The van der Waals surface area contributed by atoms with E-state index in [1.165, 1.54) is 11.3 Å². The summed E-state index contributed by atoms with van der Waals surface area (Å²) in [6, 6.07) is 20.9. The molecular weight excluding hydrogens is 372 g/mol. The fraction of sp³-hybridized carbons (Fsp3) is 0.0909. The molecule has 0 atom stereocenters. The van der Waals surface area contributed by atoms with E-state index >= 15 is 0 Å². The van der Waals surface area contributed by atoms with E-state index in [1.54, 1.807) is 12.3 Å². The topological polar surface area (TPSA) is 64.4 Å². The molecule has 2 aromatic heterocycles. The Balaban J connectivity index is 1.40. The van der Waals surface area contributed by atoms with Crippen LogP contribution in [0.4, 0.5) is 5.69 Å². The molecule has 6 heteroatoms. The van der Waals surface area contributed by atoms with Crippen LogP contribution < -0.4 is 5.32 Å². The number of furan rings is 1. The Morgan fingerprint density at radius 3 is 2.68 bits per heavy atom. The number of esters is 1. The average Bonchev–Trinajstić information content (AvgIpc) is 3.43. The monoisotopic (exact) mass is 390 g/mol. The molecule has 0 saturated carbocycles. The molecule has 0 aliphatic carbocycles. The van der Waals surface area contributed by atoms with Gasteiger partial charge in [0.1, 0.15) is 17.4 Å². The number of carbonyl (C=O) groups excluding carboxylic acids is 1. The largest absolute Gasteiger partial charge is 0.467 e. The van der Waals surface area contributed by atoms with Crippen molar-refractivity contribution in [1.29, 1.82) is 0 Å². The number of carbonyl (C=O) groups is 1. The molecule has 2 aromatic carbocycles. The highest BCUT2D eigenvalue weighted by Crippen LogP contribution is 2.24. The van der Waals surface area contributed by atoms with E-state index in [9.17, 15) is 4.79 Å². The quantitative estimate of drug-likeness (QED) is 0.430. The summed E-state index contributed by atoms with van der Waals surface area (Å²) in [4.78, 5) is 17.1. The van der Waals surface area contributed by atoms with Gasteiger partial charge in [0.2, 0.25) is 0 Å². The third-order valence-corrected chi connectivity index (χ3v) is 5.04. The average molecular weight is 390 g/mol. The van der Waals surface area contributed by atoms with E-state index in [0.717, 1.165) is 22.0 Å². The Labute approximate surface area is 166 Å². The van der Waals surface area contributed by atoms with Gasteiger partial charge in [-0.2, -0.15) is 0 Å². The Kier molecular flexibility index (Phi) is 5.49. The van der Waals surface area contributed by atoms with Crippen LogP contribution in [0.15, 0.2) is 82.8 Å². The Bertz CT molecular complexity index is 1040. The van der Waals surface area contributed by atoms with Crippen molar-refractivity contribution in [2.45, 2.75) is 13.2 Å². The second-order valence-electron chi connectivity index (χ2n) is 6.06. The molecule has 0 fully saturated rings. The van der Waals surface area contributed by atoms with E-state index in [0.29, 0.717) is 17.8 Å². The predicted octanol–water partition coefficient (Wildman–Crippen LogP) is 5.37. The second-order valence-corrected chi connectivity index (χ2v) is 6.92. The molecule has 2 heterocycles. The lowest BCUT2D eigenvalue weighted by Crippen LogP contribution is -2.10. The van der Waals surface area contributed by atoms with Gasteiger partial charge >= 0.3 is 5.97 Å². The maximum absolute atomic E-state index is 12.6. The first kappa shape index (κ1) is 18.0. The van der Waals surface area contributed by atoms with Crippen molar-refractivity contribution < 1.29 is 13.9 Å². The van der Waals surface area contributed by atoms with Gasteiger partial charge in [0, 0.05) is 16.6 Å². The molecule has 0 radical (unpaired) electrons. The lowest BCUT2D eigenvalue weighted by molar-refractivity contribution is 0.0469. The normalized spacial score (nSPS) is 10.6. The predicted molar refractivity (Wildman–Crippen MR) is 109 cm³/mol. The van der Waals surface area contributed by atoms with Crippen LogP contribution in [0.5, 0.6) is 0 Å². The van der Waals surface area contributed by atoms with Gasteiger partial charge < -0.3 is 14.5 Å². The SMILES string of the molecule is O=C(OCc1csc(-c2ccccc2)n1)c1ccccc1NCc1ccco1. The minimum absolute atomic E-state index is 0.134. The number of nitrogens with zero attached hydrogens (tertiary/aromatic N) is 1. The van der Waals surface area contributed by atoms with Gasteiger partial charge in [0.05, 0.1) is 24.1 Å². The van der Waals surface area contributed by atoms with Crippen molar-refractivity contribution in [2.24, 2.45) is 0 Å². The van der Waals surface area contributed by atoms with E-state index in [1.807, 2.05) is 66.0 Å². The van der Waals surface area contributed by atoms with Crippen molar-refractivity contribution in [1.82, 2.24) is 4.98 Å². The Morgan fingerprint density at radius 1 is 1.04 bits per heavy atom. The fourth-order valence-electron chi connectivity index (χ4n) is 2.71. The zero-order valence-electron chi connectivity index (χ0n) is 15.0. The fourth-order valence-corrected chi connectivity index (χ4v) is 3.53. The summed E-state index contributed by atoms with van der Waals surface area (Å²) in [5.41, 5.74) is 2.97. The number of hydrogen-bond donors (Lipinski definition) is 1. The number of hydrogen-bond acceptors (Lipinski definition) is 6. The van der Waals surface area contributed by atoms with E-state index < -0.39 is 5.97 Å². The molecule has 4 aromatic rings. The van der Waals surface area contributed by atoms with Crippen molar-refractivity contribution in [3.8, 4) is 10.6 Å². The maximum Gasteiger partial charge on any atom is 0.340 e. The molecule has 4 rings (SSSR count). The number of thiazole rings is 1. The first-order chi connectivity index (χ1) is 13.8. The molecule has 0 unspecified atom stereocenters. The summed E-state index contributed by atoms with van der Waals surface area (Å²) in [5.74, 6) is 0.399. The number of ether oxygens (including phenoxy) is 1. The highest BCUT2D eigenvalue weighted by molar-refractivity contribution is 7.13. The standard InChI is InChI=1S/C22H18N2O3S/c25-22(19-10-4-5-11-20(19)23-13-18-9-6-12-26-18)27-14-17-15-28-21(24-17)16-7-2-1-3-8-16/h1-12,15,23H,13-14H2. The van der Waals surface area contributed by atoms with Crippen molar-refractivity contribution in [3.63, 3.8) is 0 Å². The van der Waals surface area contributed by atoms with Crippen LogP contribution in [0.1, 0.15) is 21.8 Å². The molecular formula is C22H18N2O3S. The van der Waals surface area contributed by atoms with Crippen LogP contribution >= 0.6 is 11.3 Å². The Morgan fingerprint density at radius 2 is 1.86 bits per heavy atom. The minimum atomic E-state index is -0.392. The van der Waals surface area contributed by atoms with Gasteiger partial charge in [0.25, 0.3) is 0 Å². The van der Waals surface area contributed by atoms with Gasteiger partial charge in [-0.3, -0.25) is 0 Å². The molecule has 0 aliphatic rings. The third kappa shape index (κ3) is 4.29. The molecule has 1 N–H and O–H groups in total. The van der Waals surface area contributed by atoms with Gasteiger partial charge in [-0.05, 0) is 24.3 Å². The molecule has 0 spiro atoms. The van der Waals surface area contributed by atoms with Gasteiger partial charge in [-0.25, -0.2) is 9.78 Å². The smallest absolute Gasteiger partial charge is 0.340 e. The summed E-state index contributed by atoms with van der Waals surface area (Å²) >= 11 is 1.53. The minimum Gasteiger partial charge on any atom is -0.467 e. The molecule has 0 aliphatic heterocycles. The molecule has 0 amide bonds. The highest BCUT2D eigenvalue weighted by Gasteiger charge is 2.14. The van der Waals surface area contributed by atoms with Crippen LogP contribution in [0.3, 0.4) is 0 Å². The first-order valence-electron chi connectivity index (χ1n) is 8.82. The van der Waals surface area contributed by atoms with E-state index in [4.69, 9.17) is 9.15 Å². The number of aromatic nitrogens is 1. The van der Waals surface area contributed by atoms with Crippen LogP contribution in [0, 0.1) is 0 Å². The summed E-state index contributed by atoms with van der Waals surface area (Å²) in [6.07, 6.45) is 1.62. The number of para-hydroxylation sites is 1. The summed E-state index contributed by atoms with van der Waals surface area (Å²) in [5, 5.41) is 6.03. The molecule has 0 saturated heterocycles. The highest BCUT2D eigenvalue weighted by atomic mass is 32.1. The number of rotatable bonds is 7. The molecule has 0 bridgehead atoms. The van der Waals surface area contributed by atoms with Crippen LogP contribution in [-0.2, 0) is 17.9 Å². The first-order valence-corrected chi connectivity index (χ1v) is 9.70. The van der Waals surface area contributed by atoms with Crippen LogP contribution in [0.2, 0.25) is 0 Å². The molecule has 28 heavy (non-hydrogen) atoms. The van der Waals surface area contributed by atoms with Gasteiger partial charge in [-0.1, -0.05) is 42.5 Å². The molecule has 140 valence electrons. The van der Waals surface area contributed by atoms with E-state index in [2.05, 4.69) is 10.3 Å². The van der Waals surface area contributed by atoms with Gasteiger partial charge in [-0.15, -0.1) is 11.3 Å². The Hall–Kier alpha value is -3.38. The summed E-state index contributed by atoms with van der Waals surface area (Å²) < 4.78 is 10.8. The third-order valence-electron chi connectivity index (χ3n) is 4.10. The summed E-state index contributed by atoms with van der Waals surface area (Å²) in [6.45, 7) is 0.624. The van der Waals surface area contributed by atoms with Crippen LogP contribution in [0.25, 0.3) is 10.6 Å². The van der Waals surface area contributed by atoms with E-state index in [-0.39, 0.29) is 6.61 Å². The van der Waals surface area contributed by atoms with Crippen LogP contribution in [-0.4, -0.2) is 11.0 Å². The number of benzene rings is 2. The lowest BCUT2D eigenvalue weighted by atomic mass is 10.2. The van der Waals surface area contributed by atoms with Crippen molar-refractivity contribution in [2.75, 3.05) is 5.32 Å². The maximum atomic E-state index is 12.6. The lowest BCUT2D eigenvalue weighted by Gasteiger charge is -2.10. The zero-order valence-corrected chi connectivity index (χ0v) is 15.8. The number of nitrogens with one attached hydrogen (secondary N) is 1. The number of anilines is 1. The van der Waals surface area contributed by atoms with Crippen molar-refractivity contribution in [3.05, 3.63) is 95.4 Å². The molecule has 5 nitrogen and oxygen atoms in total. The van der Waals surface area contributed by atoms with Gasteiger partial charge in [0.15, 0.2) is 0 Å². The van der Waals surface area contributed by atoms with Crippen molar-refractivity contribution >= 4 is 23.0 Å².